The first-order chi connectivity index (χ1) is 9.08. The maximum Gasteiger partial charge on any atom is 0.260 e. The molecule has 1 atom stereocenters. The molecule has 1 aliphatic heterocycles. The SMILES string of the molecule is CC(C)C1CCCN1C(=O)COc1cccc(N)c1. The highest BCUT2D eigenvalue weighted by molar-refractivity contribution is 5.78. The van der Waals surface area contributed by atoms with Crippen molar-refractivity contribution in [2.45, 2.75) is 32.7 Å². The Bertz CT molecular complexity index is 446. The Morgan fingerprint density at radius 3 is 3.00 bits per heavy atom. The molecule has 0 aliphatic carbocycles. The van der Waals surface area contributed by atoms with Crippen molar-refractivity contribution in [3.8, 4) is 5.75 Å². The molecule has 1 aromatic carbocycles. The fourth-order valence-electron chi connectivity index (χ4n) is 2.63. The zero-order valence-corrected chi connectivity index (χ0v) is 11.6. The van der Waals surface area contributed by atoms with Crippen LogP contribution < -0.4 is 10.5 Å². The predicted molar refractivity (Wildman–Crippen MR) is 75.9 cm³/mol. The third-order valence-corrected chi connectivity index (χ3v) is 3.61. The molecule has 1 aromatic rings. The molecule has 1 unspecified atom stereocenters. The number of hydrogen-bond donors (Lipinski definition) is 1. The molecule has 1 heterocycles. The maximum atomic E-state index is 12.2. The molecule has 1 aliphatic rings. The summed E-state index contributed by atoms with van der Waals surface area (Å²) in [6.45, 7) is 5.26. The number of carbonyl (C=O) groups is 1. The Hall–Kier alpha value is -1.71. The minimum absolute atomic E-state index is 0.0682. The minimum Gasteiger partial charge on any atom is -0.484 e. The van der Waals surface area contributed by atoms with Gasteiger partial charge < -0.3 is 15.4 Å². The first kappa shape index (κ1) is 13.7. The lowest BCUT2D eigenvalue weighted by Gasteiger charge is -2.27. The van der Waals surface area contributed by atoms with Crippen molar-refractivity contribution < 1.29 is 9.53 Å². The first-order valence-corrected chi connectivity index (χ1v) is 6.85. The van der Waals surface area contributed by atoms with E-state index in [1.807, 2.05) is 17.0 Å². The van der Waals surface area contributed by atoms with E-state index in [4.69, 9.17) is 10.5 Å². The monoisotopic (exact) mass is 262 g/mol. The second kappa shape index (κ2) is 5.95. The summed E-state index contributed by atoms with van der Waals surface area (Å²) in [5.41, 5.74) is 6.32. The fraction of sp³-hybridized carbons (Fsp3) is 0.533. The maximum absolute atomic E-state index is 12.2. The number of nitrogens with two attached hydrogens (primary N) is 1. The molecule has 104 valence electrons. The highest BCUT2D eigenvalue weighted by Crippen LogP contribution is 2.24. The first-order valence-electron chi connectivity index (χ1n) is 6.85. The second-order valence-corrected chi connectivity index (χ2v) is 5.40. The van der Waals surface area contributed by atoms with E-state index in [2.05, 4.69) is 13.8 Å². The van der Waals surface area contributed by atoms with Crippen molar-refractivity contribution in [1.82, 2.24) is 4.90 Å². The third-order valence-electron chi connectivity index (χ3n) is 3.61. The fourth-order valence-corrected chi connectivity index (χ4v) is 2.63. The van der Waals surface area contributed by atoms with Gasteiger partial charge in [0.1, 0.15) is 5.75 Å². The van der Waals surface area contributed by atoms with E-state index >= 15 is 0 Å². The minimum atomic E-state index is 0.0682. The van der Waals surface area contributed by atoms with E-state index < -0.39 is 0 Å². The van der Waals surface area contributed by atoms with E-state index in [0.717, 1.165) is 19.4 Å². The molecular weight excluding hydrogens is 240 g/mol. The Labute approximate surface area is 114 Å². The van der Waals surface area contributed by atoms with Gasteiger partial charge in [0.05, 0.1) is 0 Å². The number of nitrogens with zero attached hydrogens (tertiary/aromatic N) is 1. The molecule has 4 nitrogen and oxygen atoms in total. The van der Waals surface area contributed by atoms with Crippen LogP contribution in [-0.2, 0) is 4.79 Å². The number of hydrogen-bond acceptors (Lipinski definition) is 3. The lowest BCUT2D eigenvalue weighted by molar-refractivity contribution is -0.134. The molecule has 19 heavy (non-hydrogen) atoms. The molecule has 0 saturated carbocycles. The largest absolute Gasteiger partial charge is 0.484 e. The average Bonchev–Trinajstić information content (AvgIpc) is 2.85. The molecule has 0 aromatic heterocycles. The van der Waals surface area contributed by atoms with Gasteiger partial charge in [0.2, 0.25) is 0 Å². The number of carbonyl (C=O) groups excluding carboxylic acids is 1. The number of ether oxygens (including phenoxy) is 1. The molecule has 2 rings (SSSR count). The van der Waals surface area contributed by atoms with Crippen molar-refractivity contribution in [1.29, 1.82) is 0 Å². The van der Waals surface area contributed by atoms with Crippen LogP contribution in [0.1, 0.15) is 26.7 Å². The van der Waals surface area contributed by atoms with Gasteiger partial charge in [-0.05, 0) is 30.9 Å². The molecule has 0 spiro atoms. The van der Waals surface area contributed by atoms with Crippen LogP contribution in [0.3, 0.4) is 0 Å². The number of anilines is 1. The summed E-state index contributed by atoms with van der Waals surface area (Å²) in [5.74, 6) is 1.21. The van der Waals surface area contributed by atoms with Gasteiger partial charge in [0.15, 0.2) is 6.61 Å². The number of amides is 1. The smallest absolute Gasteiger partial charge is 0.260 e. The Kier molecular flexibility index (Phi) is 4.30. The van der Waals surface area contributed by atoms with Crippen LogP contribution in [0.15, 0.2) is 24.3 Å². The van der Waals surface area contributed by atoms with Gasteiger partial charge in [-0.25, -0.2) is 0 Å². The van der Waals surface area contributed by atoms with Crippen LogP contribution >= 0.6 is 0 Å². The molecule has 0 radical (unpaired) electrons. The molecule has 1 fully saturated rings. The van der Waals surface area contributed by atoms with E-state index in [0.29, 0.717) is 23.4 Å². The van der Waals surface area contributed by atoms with Gasteiger partial charge in [-0.3, -0.25) is 4.79 Å². The van der Waals surface area contributed by atoms with E-state index in [-0.39, 0.29) is 12.5 Å². The van der Waals surface area contributed by atoms with E-state index in [1.165, 1.54) is 0 Å². The summed E-state index contributed by atoms with van der Waals surface area (Å²) in [7, 11) is 0. The lowest BCUT2D eigenvalue weighted by Crippen LogP contribution is -2.41. The summed E-state index contributed by atoms with van der Waals surface area (Å²) >= 11 is 0. The topological polar surface area (TPSA) is 55.6 Å². The normalized spacial score (nSPS) is 18.9. The summed E-state index contributed by atoms with van der Waals surface area (Å²) in [6.07, 6.45) is 2.19. The van der Waals surface area contributed by atoms with Crippen molar-refractivity contribution in [3.05, 3.63) is 24.3 Å². The molecule has 1 amide bonds. The van der Waals surface area contributed by atoms with Crippen LogP contribution in [0.2, 0.25) is 0 Å². The highest BCUT2D eigenvalue weighted by Gasteiger charge is 2.30. The van der Waals surface area contributed by atoms with Crippen molar-refractivity contribution in [3.63, 3.8) is 0 Å². The van der Waals surface area contributed by atoms with Crippen molar-refractivity contribution in [2.24, 2.45) is 5.92 Å². The van der Waals surface area contributed by atoms with Gasteiger partial charge in [-0.1, -0.05) is 19.9 Å². The number of benzene rings is 1. The summed E-state index contributed by atoms with van der Waals surface area (Å²) < 4.78 is 5.52. The van der Waals surface area contributed by atoms with Gasteiger partial charge >= 0.3 is 0 Å². The molecule has 0 bridgehead atoms. The van der Waals surface area contributed by atoms with Crippen LogP contribution in [0.5, 0.6) is 5.75 Å². The predicted octanol–water partition coefficient (Wildman–Crippen LogP) is 2.29. The van der Waals surface area contributed by atoms with Gasteiger partial charge in [0, 0.05) is 24.3 Å². The molecule has 4 heteroatoms. The van der Waals surface area contributed by atoms with Crippen LogP contribution in [0.4, 0.5) is 5.69 Å². The van der Waals surface area contributed by atoms with Crippen molar-refractivity contribution >= 4 is 11.6 Å². The van der Waals surface area contributed by atoms with Crippen LogP contribution in [-0.4, -0.2) is 30.0 Å². The molecule has 1 saturated heterocycles. The lowest BCUT2D eigenvalue weighted by atomic mass is 10.0. The van der Waals surface area contributed by atoms with Crippen LogP contribution in [0.25, 0.3) is 0 Å². The average molecular weight is 262 g/mol. The molecular formula is C15H22N2O2. The summed E-state index contributed by atoms with van der Waals surface area (Å²) in [5, 5.41) is 0. The Morgan fingerprint density at radius 1 is 1.53 bits per heavy atom. The quantitative estimate of drug-likeness (QED) is 0.847. The zero-order valence-electron chi connectivity index (χ0n) is 11.6. The number of nitrogen functional groups attached to an aromatic ring is 1. The van der Waals surface area contributed by atoms with E-state index in [1.54, 1.807) is 12.1 Å². The number of likely N-dealkylation sites (tertiary alicyclic amines) is 1. The summed E-state index contributed by atoms with van der Waals surface area (Å²) in [6, 6.07) is 7.52. The van der Waals surface area contributed by atoms with Crippen molar-refractivity contribution in [2.75, 3.05) is 18.9 Å². The van der Waals surface area contributed by atoms with Gasteiger partial charge in [-0.15, -0.1) is 0 Å². The van der Waals surface area contributed by atoms with Gasteiger partial charge in [-0.2, -0.15) is 0 Å². The highest BCUT2D eigenvalue weighted by atomic mass is 16.5. The van der Waals surface area contributed by atoms with E-state index in [9.17, 15) is 4.79 Å². The number of rotatable bonds is 4. The molecule has 2 N–H and O–H groups in total. The standard InChI is InChI=1S/C15H22N2O2/c1-11(2)14-7-4-8-17(14)15(18)10-19-13-6-3-5-12(16)9-13/h3,5-6,9,11,14H,4,7-8,10,16H2,1-2H3. The van der Waals surface area contributed by atoms with Crippen LogP contribution in [0, 0.1) is 5.92 Å². The Balaban J connectivity index is 1.91. The zero-order chi connectivity index (χ0) is 13.8. The second-order valence-electron chi connectivity index (χ2n) is 5.40. The third kappa shape index (κ3) is 3.40. The Morgan fingerprint density at radius 2 is 2.32 bits per heavy atom. The summed E-state index contributed by atoms with van der Waals surface area (Å²) in [4.78, 5) is 14.1. The van der Waals surface area contributed by atoms with Gasteiger partial charge in [0.25, 0.3) is 5.91 Å².